The highest BCUT2D eigenvalue weighted by atomic mass is 16.5. The molecule has 2 heterocycles. The van der Waals surface area contributed by atoms with Gasteiger partial charge in [0.2, 0.25) is 0 Å². The van der Waals surface area contributed by atoms with Crippen molar-refractivity contribution in [3.05, 3.63) is 23.8 Å². The Morgan fingerprint density at radius 2 is 2.29 bits per heavy atom. The lowest BCUT2D eigenvalue weighted by atomic mass is 9.86. The first kappa shape index (κ1) is 10.9. The standard InChI is InChI=1S/C14H19NO2/c1-16-10-4-5-12-11(13-3-2-7-15-13)6-8-17-14(12)9-10/h4-5,9,11,13,15H,2-3,6-8H2,1H3. The minimum Gasteiger partial charge on any atom is -0.497 e. The summed E-state index contributed by atoms with van der Waals surface area (Å²) in [5.74, 6) is 2.49. The zero-order valence-corrected chi connectivity index (χ0v) is 10.2. The number of hydrogen-bond acceptors (Lipinski definition) is 3. The van der Waals surface area contributed by atoms with Gasteiger partial charge in [-0.05, 0) is 37.4 Å². The Morgan fingerprint density at radius 3 is 3.06 bits per heavy atom. The van der Waals surface area contributed by atoms with Crippen LogP contribution < -0.4 is 14.8 Å². The molecular weight excluding hydrogens is 214 g/mol. The molecule has 3 rings (SSSR count). The number of benzene rings is 1. The van der Waals surface area contributed by atoms with Crippen molar-refractivity contribution in [1.82, 2.24) is 5.32 Å². The van der Waals surface area contributed by atoms with Crippen molar-refractivity contribution in [1.29, 1.82) is 0 Å². The molecule has 0 saturated carbocycles. The second-order valence-electron chi connectivity index (χ2n) is 4.85. The van der Waals surface area contributed by atoms with E-state index in [0.29, 0.717) is 12.0 Å². The lowest BCUT2D eigenvalue weighted by molar-refractivity contribution is 0.249. The van der Waals surface area contributed by atoms with Crippen LogP contribution in [0.25, 0.3) is 0 Å². The van der Waals surface area contributed by atoms with Gasteiger partial charge in [0.05, 0.1) is 13.7 Å². The van der Waals surface area contributed by atoms with Gasteiger partial charge >= 0.3 is 0 Å². The van der Waals surface area contributed by atoms with E-state index < -0.39 is 0 Å². The van der Waals surface area contributed by atoms with Gasteiger partial charge in [0, 0.05) is 18.0 Å². The predicted octanol–water partition coefficient (Wildman–Crippen LogP) is 2.31. The van der Waals surface area contributed by atoms with Gasteiger partial charge in [0.1, 0.15) is 11.5 Å². The molecule has 0 aliphatic carbocycles. The lowest BCUT2D eigenvalue weighted by Gasteiger charge is -2.30. The first-order valence-corrected chi connectivity index (χ1v) is 6.42. The average Bonchev–Trinajstić information content (AvgIpc) is 2.91. The van der Waals surface area contributed by atoms with Crippen molar-refractivity contribution in [2.24, 2.45) is 0 Å². The van der Waals surface area contributed by atoms with E-state index in [-0.39, 0.29) is 0 Å². The lowest BCUT2D eigenvalue weighted by Crippen LogP contribution is -2.32. The van der Waals surface area contributed by atoms with E-state index in [9.17, 15) is 0 Å². The third-order valence-electron chi connectivity index (χ3n) is 3.89. The van der Waals surface area contributed by atoms with Crippen LogP contribution in [-0.2, 0) is 0 Å². The van der Waals surface area contributed by atoms with Crippen LogP contribution in [0.2, 0.25) is 0 Å². The van der Waals surface area contributed by atoms with E-state index in [2.05, 4.69) is 11.4 Å². The molecule has 1 aromatic carbocycles. The summed E-state index contributed by atoms with van der Waals surface area (Å²) in [5, 5.41) is 3.61. The van der Waals surface area contributed by atoms with E-state index in [0.717, 1.165) is 31.1 Å². The second kappa shape index (κ2) is 4.57. The summed E-state index contributed by atoms with van der Waals surface area (Å²) in [5.41, 5.74) is 1.34. The van der Waals surface area contributed by atoms with E-state index in [4.69, 9.17) is 9.47 Å². The quantitative estimate of drug-likeness (QED) is 0.850. The van der Waals surface area contributed by atoms with Crippen LogP contribution >= 0.6 is 0 Å². The summed E-state index contributed by atoms with van der Waals surface area (Å²) in [6.07, 6.45) is 3.71. The van der Waals surface area contributed by atoms with Crippen molar-refractivity contribution >= 4 is 0 Å². The van der Waals surface area contributed by atoms with Crippen LogP contribution in [0.5, 0.6) is 11.5 Å². The minimum absolute atomic E-state index is 0.604. The highest BCUT2D eigenvalue weighted by Gasteiger charge is 2.30. The highest BCUT2D eigenvalue weighted by Crippen LogP contribution is 2.39. The zero-order valence-electron chi connectivity index (χ0n) is 10.2. The van der Waals surface area contributed by atoms with Crippen LogP contribution in [0.15, 0.2) is 18.2 Å². The molecule has 3 heteroatoms. The summed E-state index contributed by atoms with van der Waals surface area (Å²) >= 11 is 0. The molecular formula is C14H19NO2. The molecule has 0 radical (unpaired) electrons. The molecule has 0 bridgehead atoms. The zero-order chi connectivity index (χ0) is 11.7. The van der Waals surface area contributed by atoms with Crippen molar-refractivity contribution in [2.75, 3.05) is 20.3 Å². The summed E-state index contributed by atoms with van der Waals surface area (Å²) < 4.78 is 11.0. The molecule has 0 spiro atoms. The fourth-order valence-corrected chi connectivity index (χ4v) is 3.00. The van der Waals surface area contributed by atoms with E-state index in [1.54, 1.807) is 7.11 Å². The van der Waals surface area contributed by atoms with Gasteiger partial charge < -0.3 is 14.8 Å². The topological polar surface area (TPSA) is 30.5 Å². The van der Waals surface area contributed by atoms with Gasteiger partial charge in [-0.25, -0.2) is 0 Å². The molecule has 2 aliphatic heterocycles. The van der Waals surface area contributed by atoms with E-state index in [1.165, 1.54) is 18.4 Å². The molecule has 0 aromatic heterocycles. The number of methoxy groups -OCH3 is 1. The molecule has 17 heavy (non-hydrogen) atoms. The molecule has 1 fully saturated rings. The van der Waals surface area contributed by atoms with Gasteiger partial charge in [-0.1, -0.05) is 6.07 Å². The minimum atomic E-state index is 0.604. The molecule has 1 saturated heterocycles. The maximum absolute atomic E-state index is 5.75. The molecule has 92 valence electrons. The Kier molecular flexibility index (Phi) is 2.93. The number of ether oxygens (including phenoxy) is 2. The Bertz CT molecular complexity index is 399. The maximum Gasteiger partial charge on any atom is 0.126 e. The normalized spacial score (nSPS) is 27.4. The molecule has 1 aromatic rings. The van der Waals surface area contributed by atoms with Crippen molar-refractivity contribution in [3.63, 3.8) is 0 Å². The van der Waals surface area contributed by atoms with Gasteiger partial charge in [-0.15, -0.1) is 0 Å². The molecule has 2 aliphatic rings. The number of hydrogen-bond donors (Lipinski definition) is 1. The number of rotatable bonds is 2. The first-order chi connectivity index (χ1) is 8.38. The van der Waals surface area contributed by atoms with Gasteiger partial charge in [-0.3, -0.25) is 0 Å². The van der Waals surface area contributed by atoms with Crippen molar-refractivity contribution < 1.29 is 9.47 Å². The number of fused-ring (bicyclic) bond motifs is 1. The van der Waals surface area contributed by atoms with Crippen LogP contribution in [0, 0.1) is 0 Å². The number of nitrogens with one attached hydrogen (secondary N) is 1. The van der Waals surface area contributed by atoms with Gasteiger partial charge in [0.25, 0.3) is 0 Å². The predicted molar refractivity (Wildman–Crippen MR) is 66.9 cm³/mol. The largest absolute Gasteiger partial charge is 0.497 e. The van der Waals surface area contributed by atoms with E-state index >= 15 is 0 Å². The smallest absolute Gasteiger partial charge is 0.126 e. The third kappa shape index (κ3) is 2.00. The van der Waals surface area contributed by atoms with Crippen molar-refractivity contribution in [2.45, 2.75) is 31.2 Å². The Labute approximate surface area is 102 Å². The third-order valence-corrected chi connectivity index (χ3v) is 3.89. The Hall–Kier alpha value is -1.22. The van der Waals surface area contributed by atoms with Crippen LogP contribution in [0.4, 0.5) is 0 Å². The molecule has 3 nitrogen and oxygen atoms in total. The monoisotopic (exact) mass is 233 g/mol. The molecule has 2 unspecified atom stereocenters. The summed E-state index contributed by atoms with van der Waals surface area (Å²) in [6, 6.07) is 6.84. The van der Waals surface area contributed by atoms with Gasteiger partial charge in [-0.2, -0.15) is 0 Å². The maximum atomic E-state index is 5.75. The highest BCUT2D eigenvalue weighted by molar-refractivity contribution is 5.44. The fourth-order valence-electron chi connectivity index (χ4n) is 3.00. The van der Waals surface area contributed by atoms with E-state index in [1.807, 2.05) is 12.1 Å². The molecule has 2 atom stereocenters. The Balaban J connectivity index is 1.90. The Morgan fingerprint density at radius 1 is 1.35 bits per heavy atom. The first-order valence-electron chi connectivity index (χ1n) is 6.42. The molecule has 0 amide bonds. The molecule has 1 N–H and O–H groups in total. The van der Waals surface area contributed by atoms with Crippen LogP contribution in [-0.4, -0.2) is 26.3 Å². The van der Waals surface area contributed by atoms with Crippen LogP contribution in [0.1, 0.15) is 30.7 Å². The summed E-state index contributed by atoms with van der Waals surface area (Å²) in [6.45, 7) is 1.98. The summed E-state index contributed by atoms with van der Waals surface area (Å²) in [4.78, 5) is 0. The SMILES string of the molecule is COc1ccc2c(c1)OCCC2C1CCCN1. The summed E-state index contributed by atoms with van der Waals surface area (Å²) in [7, 11) is 1.70. The average molecular weight is 233 g/mol. The van der Waals surface area contributed by atoms with Gasteiger partial charge in [0.15, 0.2) is 0 Å². The van der Waals surface area contributed by atoms with Crippen LogP contribution in [0.3, 0.4) is 0 Å². The second-order valence-corrected chi connectivity index (χ2v) is 4.85. The van der Waals surface area contributed by atoms with Crippen molar-refractivity contribution in [3.8, 4) is 11.5 Å². The fraction of sp³-hybridized carbons (Fsp3) is 0.571.